The number of hydrogen-bond donors (Lipinski definition) is 2. The van der Waals surface area contributed by atoms with Crippen LogP contribution >= 0.6 is 0 Å². The van der Waals surface area contributed by atoms with Crippen LogP contribution in [-0.2, 0) is 11.2 Å². The minimum Gasteiger partial charge on any atom is -0.352 e. The number of benzene rings is 1. The fourth-order valence-corrected chi connectivity index (χ4v) is 2.83. The van der Waals surface area contributed by atoms with Gasteiger partial charge in [-0.05, 0) is 38.7 Å². The molecule has 116 valence electrons. The van der Waals surface area contributed by atoms with Gasteiger partial charge in [0, 0.05) is 25.2 Å². The first kappa shape index (κ1) is 16.0. The lowest BCUT2D eigenvalue weighted by Crippen LogP contribution is -2.51. The molecule has 0 aliphatic carbocycles. The Morgan fingerprint density at radius 1 is 1.29 bits per heavy atom. The van der Waals surface area contributed by atoms with Crippen molar-refractivity contribution in [1.29, 1.82) is 0 Å². The molecule has 3 N–H and O–H groups in total. The molecule has 0 spiro atoms. The molecule has 1 aromatic rings. The van der Waals surface area contributed by atoms with Gasteiger partial charge in [-0.2, -0.15) is 0 Å². The van der Waals surface area contributed by atoms with Crippen molar-refractivity contribution in [2.45, 2.75) is 51.2 Å². The molecule has 1 amide bonds. The molecule has 0 radical (unpaired) electrons. The van der Waals surface area contributed by atoms with Gasteiger partial charge < -0.3 is 16.0 Å². The highest BCUT2D eigenvalue weighted by Crippen LogP contribution is 2.13. The summed E-state index contributed by atoms with van der Waals surface area (Å²) in [5.41, 5.74) is 7.13. The molecule has 2 rings (SSSR count). The molecule has 1 atom stereocenters. The third-order valence-corrected chi connectivity index (χ3v) is 4.24. The summed E-state index contributed by atoms with van der Waals surface area (Å²) in [5, 5.41) is 3.11. The van der Waals surface area contributed by atoms with Crippen LogP contribution in [0.4, 0.5) is 0 Å². The second-order valence-corrected chi connectivity index (χ2v) is 6.21. The van der Waals surface area contributed by atoms with Gasteiger partial charge in [0.2, 0.25) is 5.91 Å². The molecule has 0 aromatic heterocycles. The summed E-state index contributed by atoms with van der Waals surface area (Å²) in [5.74, 6) is -0.0261. The second kappa shape index (κ2) is 7.57. The Kier molecular flexibility index (Phi) is 5.76. The average Bonchev–Trinajstić information content (AvgIpc) is 2.48. The molecule has 0 unspecified atom stereocenters. The predicted molar refractivity (Wildman–Crippen MR) is 86.0 cm³/mol. The monoisotopic (exact) mass is 289 g/mol. The summed E-state index contributed by atoms with van der Waals surface area (Å²) in [7, 11) is 0. The largest absolute Gasteiger partial charge is 0.352 e. The molecule has 1 aliphatic heterocycles. The highest BCUT2D eigenvalue weighted by atomic mass is 16.2. The number of amides is 1. The first-order valence-electron chi connectivity index (χ1n) is 7.90. The number of nitrogens with one attached hydrogen (secondary N) is 1. The van der Waals surface area contributed by atoms with Gasteiger partial charge in [-0.15, -0.1) is 0 Å². The number of rotatable bonds is 5. The molecule has 4 nitrogen and oxygen atoms in total. The molecule has 21 heavy (non-hydrogen) atoms. The lowest BCUT2D eigenvalue weighted by Gasteiger charge is -2.35. The van der Waals surface area contributed by atoms with Crippen molar-refractivity contribution in [3.05, 3.63) is 35.9 Å². The van der Waals surface area contributed by atoms with Crippen molar-refractivity contribution in [1.82, 2.24) is 10.2 Å². The Morgan fingerprint density at radius 2 is 1.90 bits per heavy atom. The van der Waals surface area contributed by atoms with Gasteiger partial charge >= 0.3 is 0 Å². The van der Waals surface area contributed by atoms with Gasteiger partial charge in [0.05, 0.1) is 6.04 Å². The summed E-state index contributed by atoms with van der Waals surface area (Å²) >= 11 is 0. The molecule has 4 heteroatoms. The van der Waals surface area contributed by atoms with E-state index in [0.29, 0.717) is 12.5 Å². The van der Waals surface area contributed by atoms with E-state index in [1.54, 1.807) is 0 Å². The van der Waals surface area contributed by atoms with E-state index in [2.05, 4.69) is 24.1 Å². The average molecular weight is 289 g/mol. The molecule has 1 aliphatic rings. The Balaban J connectivity index is 1.77. The summed E-state index contributed by atoms with van der Waals surface area (Å²) < 4.78 is 0. The van der Waals surface area contributed by atoms with E-state index in [0.717, 1.165) is 31.5 Å². The molecular weight excluding hydrogens is 262 g/mol. The second-order valence-electron chi connectivity index (χ2n) is 6.21. The predicted octanol–water partition coefficient (Wildman–Crippen LogP) is 1.55. The molecule has 0 bridgehead atoms. The van der Waals surface area contributed by atoms with E-state index in [9.17, 15) is 4.79 Å². The zero-order chi connectivity index (χ0) is 15.2. The first-order valence-corrected chi connectivity index (χ1v) is 7.90. The Bertz CT molecular complexity index is 439. The molecule has 0 saturated carbocycles. The van der Waals surface area contributed by atoms with Crippen LogP contribution < -0.4 is 11.1 Å². The number of carbonyl (C=O) groups excluding carboxylic acids is 1. The number of likely N-dealkylation sites (tertiary alicyclic amines) is 1. The molecule has 1 heterocycles. The Hall–Kier alpha value is -1.39. The van der Waals surface area contributed by atoms with Crippen molar-refractivity contribution < 1.29 is 4.79 Å². The maximum absolute atomic E-state index is 12.2. The van der Waals surface area contributed by atoms with E-state index >= 15 is 0 Å². The van der Waals surface area contributed by atoms with E-state index in [1.807, 2.05) is 30.3 Å². The van der Waals surface area contributed by atoms with Crippen LogP contribution in [0.2, 0.25) is 0 Å². The SMILES string of the molecule is CC(C)N1CCC(NC(=O)[C@H](N)Cc2ccccc2)CC1. The highest BCUT2D eigenvalue weighted by molar-refractivity contribution is 5.82. The van der Waals surface area contributed by atoms with Crippen LogP contribution in [0.1, 0.15) is 32.3 Å². The summed E-state index contributed by atoms with van der Waals surface area (Å²) in [4.78, 5) is 14.6. The fraction of sp³-hybridized carbons (Fsp3) is 0.588. The Labute approximate surface area is 127 Å². The van der Waals surface area contributed by atoms with Crippen molar-refractivity contribution in [2.24, 2.45) is 5.73 Å². The normalized spacial score (nSPS) is 18.7. The van der Waals surface area contributed by atoms with Gasteiger partial charge in [0.15, 0.2) is 0 Å². The minimum atomic E-state index is -0.462. The smallest absolute Gasteiger partial charge is 0.237 e. The topological polar surface area (TPSA) is 58.4 Å². The van der Waals surface area contributed by atoms with Crippen LogP contribution in [0.15, 0.2) is 30.3 Å². The van der Waals surface area contributed by atoms with Crippen LogP contribution in [0, 0.1) is 0 Å². The zero-order valence-corrected chi connectivity index (χ0v) is 13.1. The van der Waals surface area contributed by atoms with Crippen LogP contribution in [0.5, 0.6) is 0 Å². The maximum atomic E-state index is 12.2. The minimum absolute atomic E-state index is 0.0261. The standard InChI is InChI=1S/C17H27N3O/c1-13(2)20-10-8-15(9-11-20)19-17(21)16(18)12-14-6-4-3-5-7-14/h3-7,13,15-16H,8-12,18H2,1-2H3,(H,19,21)/t16-/m1/s1. The first-order chi connectivity index (χ1) is 10.1. The number of carbonyl (C=O) groups is 1. The van der Waals surface area contributed by atoms with E-state index < -0.39 is 6.04 Å². The van der Waals surface area contributed by atoms with E-state index in [1.165, 1.54) is 0 Å². The third-order valence-electron chi connectivity index (χ3n) is 4.24. The number of piperidine rings is 1. The maximum Gasteiger partial charge on any atom is 0.237 e. The van der Waals surface area contributed by atoms with Gasteiger partial charge in [-0.25, -0.2) is 0 Å². The lowest BCUT2D eigenvalue weighted by molar-refractivity contribution is -0.123. The molecular formula is C17H27N3O. The van der Waals surface area contributed by atoms with Gasteiger partial charge in [-0.3, -0.25) is 4.79 Å². The van der Waals surface area contributed by atoms with Crippen LogP contribution in [0.3, 0.4) is 0 Å². The van der Waals surface area contributed by atoms with Crippen molar-refractivity contribution in [3.8, 4) is 0 Å². The van der Waals surface area contributed by atoms with Crippen molar-refractivity contribution in [2.75, 3.05) is 13.1 Å². The fourth-order valence-electron chi connectivity index (χ4n) is 2.83. The van der Waals surface area contributed by atoms with Gasteiger partial charge in [-0.1, -0.05) is 30.3 Å². The molecule has 1 aromatic carbocycles. The zero-order valence-electron chi connectivity index (χ0n) is 13.1. The van der Waals surface area contributed by atoms with Crippen LogP contribution in [0.25, 0.3) is 0 Å². The van der Waals surface area contributed by atoms with E-state index in [-0.39, 0.29) is 11.9 Å². The van der Waals surface area contributed by atoms with Gasteiger partial charge in [0.25, 0.3) is 0 Å². The van der Waals surface area contributed by atoms with Crippen molar-refractivity contribution >= 4 is 5.91 Å². The summed E-state index contributed by atoms with van der Waals surface area (Å²) in [6, 6.07) is 10.3. The number of nitrogens with two attached hydrogens (primary N) is 1. The van der Waals surface area contributed by atoms with Gasteiger partial charge in [0.1, 0.15) is 0 Å². The summed E-state index contributed by atoms with van der Waals surface area (Å²) in [6.07, 6.45) is 2.63. The number of hydrogen-bond acceptors (Lipinski definition) is 3. The quantitative estimate of drug-likeness (QED) is 0.864. The lowest BCUT2D eigenvalue weighted by atomic mass is 10.0. The highest BCUT2D eigenvalue weighted by Gasteiger charge is 2.23. The Morgan fingerprint density at radius 3 is 2.48 bits per heavy atom. The molecule has 1 fully saturated rings. The van der Waals surface area contributed by atoms with Crippen LogP contribution in [-0.4, -0.2) is 42.0 Å². The summed E-state index contributed by atoms with van der Waals surface area (Å²) in [6.45, 7) is 6.54. The van der Waals surface area contributed by atoms with E-state index in [4.69, 9.17) is 5.73 Å². The third kappa shape index (κ3) is 4.83. The molecule has 1 saturated heterocycles. The number of nitrogens with zero attached hydrogens (tertiary/aromatic N) is 1. The van der Waals surface area contributed by atoms with Crippen molar-refractivity contribution in [3.63, 3.8) is 0 Å².